The van der Waals surface area contributed by atoms with Gasteiger partial charge in [-0.2, -0.15) is 5.26 Å². The lowest BCUT2D eigenvalue weighted by molar-refractivity contribution is -0.253. The zero-order valence-electron chi connectivity index (χ0n) is 24.3. The second-order valence-electron chi connectivity index (χ2n) is 11.1. The number of aliphatic hydroxyl groups is 1. The van der Waals surface area contributed by atoms with E-state index >= 15 is 0 Å². The van der Waals surface area contributed by atoms with E-state index in [1.54, 1.807) is 32.4 Å². The van der Waals surface area contributed by atoms with Crippen molar-refractivity contribution in [2.75, 3.05) is 20.3 Å². The van der Waals surface area contributed by atoms with Gasteiger partial charge in [-0.05, 0) is 57.4 Å². The summed E-state index contributed by atoms with van der Waals surface area (Å²) in [6.45, 7) is 10.1. The van der Waals surface area contributed by atoms with Crippen LogP contribution in [0.4, 0.5) is 0 Å². The van der Waals surface area contributed by atoms with Gasteiger partial charge in [0.2, 0.25) is 0 Å². The molecule has 9 nitrogen and oxygen atoms in total. The molecule has 0 saturated carbocycles. The number of hydrogen-bond acceptors (Lipinski definition) is 9. The number of allylic oxidation sites excluding steroid dienone is 3. The Labute approximate surface area is 233 Å². The van der Waals surface area contributed by atoms with Crippen molar-refractivity contribution in [1.82, 2.24) is 0 Å². The largest absolute Gasteiger partial charge is 0.462 e. The summed E-state index contributed by atoms with van der Waals surface area (Å²) in [5.41, 5.74) is 0.854. The number of nitrogens with zero attached hydrogens (tertiary/aromatic N) is 1. The predicted molar refractivity (Wildman–Crippen MR) is 145 cm³/mol. The number of nitriles is 1. The van der Waals surface area contributed by atoms with E-state index in [0.717, 1.165) is 12.0 Å². The van der Waals surface area contributed by atoms with Gasteiger partial charge < -0.3 is 28.8 Å². The average Bonchev–Trinajstić information content (AvgIpc) is 2.91. The minimum absolute atomic E-state index is 0.0180. The zero-order chi connectivity index (χ0) is 28.9. The fourth-order valence-corrected chi connectivity index (χ4v) is 5.36. The Morgan fingerprint density at radius 1 is 1.13 bits per heavy atom. The van der Waals surface area contributed by atoms with Crippen molar-refractivity contribution in [2.24, 2.45) is 23.7 Å². The van der Waals surface area contributed by atoms with E-state index in [1.807, 2.05) is 26.8 Å². The van der Waals surface area contributed by atoms with Gasteiger partial charge in [0.05, 0.1) is 18.8 Å². The van der Waals surface area contributed by atoms with Crippen molar-refractivity contribution in [3.05, 3.63) is 23.8 Å². The second-order valence-corrected chi connectivity index (χ2v) is 11.1. The summed E-state index contributed by atoms with van der Waals surface area (Å²) in [7, 11) is 1.55. The first kappa shape index (κ1) is 33.0. The fraction of sp³-hybridized carbons (Fsp3) is 0.767. The number of hydrogen-bond donors (Lipinski definition) is 1. The van der Waals surface area contributed by atoms with E-state index in [4.69, 9.17) is 28.9 Å². The van der Waals surface area contributed by atoms with Crippen LogP contribution in [0.1, 0.15) is 73.1 Å². The summed E-state index contributed by atoms with van der Waals surface area (Å²) in [5.74, 6) is -0.480. The molecule has 0 bridgehead atoms. The Morgan fingerprint density at radius 3 is 2.54 bits per heavy atom. The van der Waals surface area contributed by atoms with Crippen molar-refractivity contribution >= 4 is 11.8 Å². The standard InChI is InChI=1S/C30H47NO8/c1-7-26-24(17-37-29-15-27(35-6)30(34)22(5)38-29)13-20(3)8-10-25(32)21(4)14-23(16-36-18-31)12-19(2)9-11-28(33)39-26/h8,10,13,19,21-24,26-27,29-30,34H,7,9,11-12,14-17H2,1-6H3/b10-8+,20-13+/t19-,21+,22+,23+,24+,26+,27-,29+,30+/m0/s1. The van der Waals surface area contributed by atoms with Crippen LogP contribution < -0.4 is 0 Å². The number of cyclic esters (lactones) is 1. The van der Waals surface area contributed by atoms with Gasteiger partial charge in [-0.15, -0.1) is 0 Å². The Kier molecular flexibility index (Phi) is 14.2. The number of methoxy groups -OCH3 is 1. The number of rotatable bonds is 7. The normalized spacial score (nSPS) is 37.7. The molecule has 9 atom stereocenters. The summed E-state index contributed by atoms with van der Waals surface area (Å²) < 4.78 is 28.3. The van der Waals surface area contributed by atoms with Gasteiger partial charge in [0.15, 0.2) is 12.1 Å². The molecule has 2 heterocycles. The molecule has 0 radical (unpaired) electrons. The van der Waals surface area contributed by atoms with Gasteiger partial charge in [0, 0.05) is 31.8 Å². The Hall–Kier alpha value is -2.25. The molecule has 1 fully saturated rings. The van der Waals surface area contributed by atoms with Crippen LogP contribution in [-0.2, 0) is 33.3 Å². The van der Waals surface area contributed by atoms with Crippen molar-refractivity contribution < 1.29 is 38.4 Å². The molecular formula is C30H47NO8. The molecule has 2 rings (SSSR count). The van der Waals surface area contributed by atoms with Gasteiger partial charge in [-0.1, -0.05) is 38.5 Å². The van der Waals surface area contributed by atoms with E-state index in [-0.39, 0.29) is 55.1 Å². The van der Waals surface area contributed by atoms with Crippen molar-refractivity contribution in [3.63, 3.8) is 0 Å². The lowest BCUT2D eigenvalue weighted by Gasteiger charge is -2.37. The van der Waals surface area contributed by atoms with Crippen molar-refractivity contribution in [2.45, 2.75) is 104 Å². The molecule has 9 heteroatoms. The van der Waals surface area contributed by atoms with E-state index in [9.17, 15) is 14.7 Å². The van der Waals surface area contributed by atoms with Gasteiger partial charge in [-0.3, -0.25) is 9.59 Å². The summed E-state index contributed by atoms with van der Waals surface area (Å²) in [6, 6.07) is 0. The summed E-state index contributed by atoms with van der Waals surface area (Å²) in [5, 5.41) is 19.1. The van der Waals surface area contributed by atoms with Crippen LogP contribution in [-0.4, -0.2) is 67.9 Å². The number of ketones is 1. The minimum Gasteiger partial charge on any atom is -0.462 e. The molecular weight excluding hydrogens is 502 g/mol. The SMILES string of the molecule is CC[C@H]1OC(=O)CC[C@H](C)C[C@@H](COC#N)C[C@@H](C)C(=O)/C=C/C(C)=C/[C@@H]1CO[C@H]1C[C@H](OC)[C@H](O)[C@@H](C)O1. The monoisotopic (exact) mass is 549 g/mol. The molecule has 2 aliphatic rings. The van der Waals surface area contributed by atoms with Crippen LogP contribution in [0, 0.1) is 35.2 Å². The maximum absolute atomic E-state index is 12.9. The van der Waals surface area contributed by atoms with Crippen LogP contribution in [0.2, 0.25) is 0 Å². The summed E-state index contributed by atoms with van der Waals surface area (Å²) in [4.78, 5) is 25.7. The highest BCUT2D eigenvalue weighted by atomic mass is 16.7. The Bertz CT molecular complexity index is 881. The molecule has 0 aliphatic carbocycles. The maximum Gasteiger partial charge on any atom is 0.306 e. The average molecular weight is 550 g/mol. The fourth-order valence-electron chi connectivity index (χ4n) is 5.36. The van der Waals surface area contributed by atoms with Gasteiger partial charge in [0.1, 0.15) is 18.8 Å². The molecule has 0 amide bonds. The molecule has 2 aliphatic heterocycles. The first-order chi connectivity index (χ1) is 18.6. The highest BCUT2D eigenvalue weighted by Crippen LogP contribution is 2.27. The number of carbonyl (C=O) groups excluding carboxylic acids is 2. The topological polar surface area (TPSA) is 124 Å². The molecule has 0 aromatic heterocycles. The predicted octanol–water partition coefficient (Wildman–Crippen LogP) is 4.48. The number of esters is 1. The Morgan fingerprint density at radius 2 is 1.87 bits per heavy atom. The highest BCUT2D eigenvalue weighted by Gasteiger charge is 2.36. The van der Waals surface area contributed by atoms with E-state index < -0.39 is 30.7 Å². The molecule has 1 N–H and O–H groups in total. The van der Waals surface area contributed by atoms with Gasteiger partial charge >= 0.3 is 5.97 Å². The van der Waals surface area contributed by atoms with Crippen LogP contribution in [0.5, 0.6) is 0 Å². The van der Waals surface area contributed by atoms with Crippen LogP contribution in [0.15, 0.2) is 23.8 Å². The third-order valence-electron chi connectivity index (χ3n) is 7.71. The molecule has 0 aromatic rings. The first-order valence-corrected chi connectivity index (χ1v) is 14.2. The first-order valence-electron chi connectivity index (χ1n) is 14.2. The Balaban J connectivity index is 2.24. The van der Waals surface area contributed by atoms with Crippen molar-refractivity contribution in [3.8, 4) is 6.26 Å². The van der Waals surface area contributed by atoms with E-state index in [1.165, 1.54) is 0 Å². The summed E-state index contributed by atoms with van der Waals surface area (Å²) >= 11 is 0. The van der Waals surface area contributed by atoms with Crippen molar-refractivity contribution in [1.29, 1.82) is 5.26 Å². The van der Waals surface area contributed by atoms with Crippen LogP contribution in [0.3, 0.4) is 0 Å². The highest BCUT2D eigenvalue weighted by molar-refractivity contribution is 5.91. The van der Waals surface area contributed by atoms with Crippen LogP contribution >= 0.6 is 0 Å². The molecule has 0 unspecified atom stereocenters. The number of carbonyl (C=O) groups is 2. The molecule has 39 heavy (non-hydrogen) atoms. The number of ether oxygens (including phenoxy) is 5. The smallest absolute Gasteiger partial charge is 0.306 e. The lowest BCUT2D eigenvalue weighted by Crippen LogP contribution is -2.48. The zero-order valence-corrected chi connectivity index (χ0v) is 24.3. The molecule has 1 saturated heterocycles. The van der Waals surface area contributed by atoms with E-state index in [2.05, 4.69) is 6.92 Å². The van der Waals surface area contributed by atoms with Gasteiger partial charge in [0.25, 0.3) is 6.26 Å². The molecule has 220 valence electrons. The molecule has 0 aromatic carbocycles. The van der Waals surface area contributed by atoms with Gasteiger partial charge in [-0.25, -0.2) is 0 Å². The summed E-state index contributed by atoms with van der Waals surface area (Å²) in [6.07, 6.45) is 7.80. The third kappa shape index (κ3) is 11.0. The van der Waals surface area contributed by atoms with Crippen LogP contribution in [0.25, 0.3) is 0 Å². The quantitative estimate of drug-likeness (QED) is 0.361. The third-order valence-corrected chi connectivity index (χ3v) is 7.71. The second kappa shape index (κ2) is 16.8. The van der Waals surface area contributed by atoms with E-state index in [0.29, 0.717) is 25.7 Å². The lowest BCUT2D eigenvalue weighted by atomic mass is 9.85. The number of aliphatic hydroxyl groups excluding tert-OH is 1. The minimum atomic E-state index is -0.731. The molecule has 0 spiro atoms. The maximum atomic E-state index is 12.9.